The first-order chi connectivity index (χ1) is 7.77. The van der Waals surface area contributed by atoms with Crippen LogP contribution in [-0.4, -0.2) is 36.1 Å². The van der Waals surface area contributed by atoms with Gasteiger partial charge in [0.05, 0.1) is 0 Å². The number of hydrogen-bond acceptors (Lipinski definition) is 2. The molecule has 1 heterocycles. The molecule has 2 rings (SSSR count). The van der Waals surface area contributed by atoms with Crippen LogP contribution in [-0.2, 0) is 0 Å². The van der Waals surface area contributed by atoms with E-state index in [4.69, 9.17) is 0 Å². The Kier molecular flexibility index (Phi) is 4.04. The molecular formula is C14H26N2. The summed E-state index contributed by atoms with van der Waals surface area (Å²) in [7, 11) is 0. The quantitative estimate of drug-likeness (QED) is 0.722. The maximum Gasteiger partial charge on any atom is 0.0338 e. The molecule has 0 bridgehead atoms. The van der Waals surface area contributed by atoms with E-state index in [-0.39, 0.29) is 0 Å². The van der Waals surface area contributed by atoms with Crippen molar-refractivity contribution < 1.29 is 0 Å². The van der Waals surface area contributed by atoms with E-state index < -0.39 is 0 Å². The van der Waals surface area contributed by atoms with Crippen LogP contribution in [0.5, 0.6) is 0 Å². The maximum atomic E-state index is 3.68. The highest BCUT2D eigenvalue weighted by Gasteiger charge is 2.40. The van der Waals surface area contributed by atoms with Gasteiger partial charge < -0.3 is 5.32 Å². The second-order valence-electron chi connectivity index (χ2n) is 5.54. The third-order valence-electron chi connectivity index (χ3n) is 4.29. The van der Waals surface area contributed by atoms with E-state index in [1.54, 1.807) is 0 Å². The molecule has 2 heteroatoms. The molecule has 1 saturated heterocycles. The summed E-state index contributed by atoms with van der Waals surface area (Å²) in [6.07, 6.45) is 11.6. The van der Waals surface area contributed by atoms with E-state index in [9.17, 15) is 0 Å². The molecule has 1 aliphatic carbocycles. The average molecular weight is 222 g/mol. The summed E-state index contributed by atoms with van der Waals surface area (Å²) >= 11 is 0. The summed E-state index contributed by atoms with van der Waals surface area (Å²) in [5.74, 6) is 0. The van der Waals surface area contributed by atoms with Crippen LogP contribution in [0.25, 0.3) is 0 Å². The lowest BCUT2D eigenvalue weighted by atomic mass is 9.78. The summed E-state index contributed by atoms with van der Waals surface area (Å²) in [5.41, 5.74) is 0.476. The SMILES string of the molecule is C/C=C/CN1CC(C)NCC12CCCCC2. The molecule has 1 unspecified atom stereocenters. The predicted octanol–water partition coefficient (Wildman–Crippen LogP) is 2.56. The normalized spacial score (nSPS) is 31.2. The van der Waals surface area contributed by atoms with Crippen molar-refractivity contribution in [1.82, 2.24) is 10.2 Å². The van der Waals surface area contributed by atoms with Gasteiger partial charge in [-0.3, -0.25) is 4.90 Å². The van der Waals surface area contributed by atoms with Gasteiger partial charge >= 0.3 is 0 Å². The largest absolute Gasteiger partial charge is 0.311 e. The third-order valence-corrected chi connectivity index (χ3v) is 4.29. The minimum atomic E-state index is 0.476. The third kappa shape index (κ3) is 2.49. The van der Waals surface area contributed by atoms with E-state index >= 15 is 0 Å². The Labute approximate surface area is 100 Å². The van der Waals surface area contributed by atoms with E-state index in [1.807, 2.05) is 0 Å². The van der Waals surface area contributed by atoms with Gasteiger partial charge in [0, 0.05) is 31.2 Å². The summed E-state index contributed by atoms with van der Waals surface area (Å²) < 4.78 is 0. The zero-order valence-corrected chi connectivity index (χ0v) is 10.8. The molecule has 0 radical (unpaired) electrons. The molecule has 1 N–H and O–H groups in total. The first kappa shape index (κ1) is 12.1. The van der Waals surface area contributed by atoms with Gasteiger partial charge in [0.1, 0.15) is 0 Å². The van der Waals surface area contributed by atoms with E-state index in [1.165, 1.54) is 45.2 Å². The zero-order chi connectivity index (χ0) is 11.4. The fourth-order valence-electron chi connectivity index (χ4n) is 3.27. The number of rotatable bonds is 2. The number of allylic oxidation sites excluding steroid dienone is 1. The van der Waals surface area contributed by atoms with Crippen molar-refractivity contribution in [3.63, 3.8) is 0 Å². The second kappa shape index (κ2) is 5.33. The molecule has 92 valence electrons. The van der Waals surface area contributed by atoms with Crippen LogP contribution < -0.4 is 5.32 Å². The fourth-order valence-corrected chi connectivity index (χ4v) is 3.27. The maximum absolute atomic E-state index is 3.68. The van der Waals surface area contributed by atoms with Crippen molar-refractivity contribution in [3.8, 4) is 0 Å². The van der Waals surface area contributed by atoms with Gasteiger partial charge in [0.2, 0.25) is 0 Å². The van der Waals surface area contributed by atoms with Gasteiger partial charge in [0.15, 0.2) is 0 Å². The average Bonchev–Trinajstić information content (AvgIpc) is 2.32. The van der Waals surface area contributed by atoms with Gasteiger partial charge in [-0.25, -0.2) is 0 Å². The molecule has 1 aliphatic heterocycles. The van der Waals surface area contributed by atoms with Crippen molar-refractivity contribution >= 4 is 0 Å². The highest BCUT2D eigenvalue weighted by atomic mass is 15.3. The smallest absolute Gasteiger partial charge is 0.0338 e. The molecule has 16 heavy (non-hydrogen) atoms. The molecule has 0 aromatic rings. The zero-order valence-electron chi connectivity index (χ0n) is 10.8. The van der Waals surface area contributed by atoms with E-state index in [2.05, 4.69) is 36.2 Å². The summed E-state index contributed by atoms with van der Waals surface area (Å²) in [6, 6.07) is 0.651. The lowest BCUT2D eigenvalue weighted by molar-refractivity contribution is 0.0224. The number of hydrogen-bond donors (Lipinski definition) is 1. The van der Waals surface area contributed by atoms with Crippen molar-refractivity contribution in [2.24, 2.45) is 0 Å². The second-order valence-corrected chi connectivity index (χ2v) is 5.54. The molecule has 2 nitrogen and oxygen atoms in total. The van der Waals surface area contributed by atoms with Crippen molar-refractivity contribution in [3.05, 3.63) is 12.2 Å². The molecule has 0 aromatic heterocycles. The van der Waals surface area contributed by atoms with Gasteiger partial charge in [0.25, 0.3) is 0 Å². The van der Waals surface area contributed by atoms with Gasteiger partial charge in [-0.2, -0.15) is 0 Å². The topological polar surface area (TPSA) is 15.3 Å². The molecule has 0 aromatic carbocycles. The Morgan fingerprint density at radius 1 is 1.31 bits per heavy atom. The summed E-state index contributed by atoms with van der Waals surface area (Å²) in [6.45, 7) is 7.98. The van der Waals surface area contributed by atoms with Crippen molar-refractivity contribution in [2.75, 3.05) is 19.6 Å². The highest BCUT2D eigenvalue weighted by molar-refractivity contribution is 5.01. The fraction of sp³-hybridized carbons (Fsp3) is 0.857. The van der Waals surface area contributed by atoms with Crippen LogP contribution >= 0.6 is 0 Å². The van der Waals surface area contributed by atoms with E-state index in [0.29, 0.717) is 11.6 Å². The standard InChI is InChI=1S/C14H26N2/c1-3-4-10-16-11-13(2)15-12-14(16)8-6-5-7-9-14/h3-4,13,15H,5-12H2,1-2H3/b4-3+. The number of piperazine rings is 1. The molecular weight excluding hydrogens is 196 g/mol. The molecule has 2 aliphatic rings. The number of nitrogens with zero attached hydrogens (tertiary/aromatic N) is 1. The van der Waals surface area contributed by atoms with Crippen LogP contribution in [0, 0.1) is 0 Å². The minimum absolute atomic E-state index is 0.476. The number of nitrogens with one attached hydrogen (secondary N) is 1. The van der Waals surface area contributed by atoms with Crippen LogP contribution in [0.2, 0.25) is 0 Å². The van der Waals surface area contributed by atoms with Gasteiger partial charge in [-0.05, 0) is 26.7 Å². The monoisotopic (exact) mass is 222 g/mol. The van der Waals surface area contributed by atoms with E-state index in [0.717, 1.165) is 6.54 Å². The first-order valence-corrected chi connectivity index (χ1v) is 6.86. The van der Waals surface area contributed by atoms with Gasteiger partial charge in [-0.1, -0.05) is 31.4 Å². The molecule has 0 amide bonds. The molecule has 1 atom stereocenters. The highest BCUT2D eigenvalue weighted by Crippen LogP contribution is 2.35. The first-order valence-electron chi connectivity index (χ1n) is 6.86. The Hall–Kier alpha value is -0.340. The van der Waals surface area contributed by atoms with Crippen LogP contribution in [0.1, 0.15) is 46.0 Å². The molecule has 1 spiro atoms. The Morgan fingerprint density at radius 2 is 2.06 bits per heavy atom. The van der Waals surface area contributed by atoms with Crippen LogP contribution in [0.4, 0.5) is 0 Å². The molecule has 2 fully saturated rings. The van der Waals surface area contributed by atoms with Crippen molar-refractivity contribution in [1.29, 1.82) is 0 Å². The minimum Gasteiger partial charge on any atom is -0.311 e. The van der Waals surface area contributed by atoms with Crippen LogP contribution in [0.15, 0.2) is 12.2 Å². The lowest BCUT2D eigenvalue weighted by Gasteiger charge is -2.51. The van der Waals surface area contributed by atoms with Crippen molar-refractivity contribution in [2.45, 2.75) is 57.5 Å². The summed E-state index contributed by atoms with van der Waals surface area (Å²) in [4.78, 5) is 2.73. The lowest BCUT2D eigenvalue weighted by Crippen LogP contribution is -2.64. The Bertz CT molecular complexity index is 241. The molecule has 1 saturated carbocycles. The van der Waals surface area contributed by atoms with Gasteiger partial charge in [-0.15, -0.1) is 0 Å². The Morgan fingerprint density at radius 3 is 2.75 bits per heavy atom. The predicted molar refractivity (Wildman–Crippen MR) is 69.7 cm³/mol. The van der Waals surface area contributed by atoms with Crippen LogP contribution in [0.3, 0.4) is 0 Å². The summed E-state index contributed by atoms with van der Waals surface area (Å²) in [5, 5.41) is 3.68. The Balaban J connectivity index is 2.06.